The third-order valence-electron chi connectivity index (χ3n) is 8.62. The zero-order chi connectivity index (χ0) is 28.3. The van der Waals surface area contributed by atoms with E-state index in [0.29, 0.717) is 40.1 Å². The van der Waals surface area contributed by atoms with E-state index in [4.69, 9.17) is 20.5 Å². The lowest BCUT2D eigenvalue weighted by atomic mass is 9.83. The smallest absolute Gasteiger partial charge is 0.104 e. The summed E-state index contributed by atoms with van der Waals surface area (Å²) in [5.74, 6) is 0. The van der Waals surface area contributed by atoms with Crippen LogP contribution in [0.15, 0.2) is 36.7 Å². The van der Waals surface area contributed by atoms with Crippen molar-refractivity contribution in [3.63, 3.8) is 0 Å². The Labute approximate surface area is 239 Å². The van der Waals surface area contributed by atoms with Crippen LogP contribution in [0.5, 0.6) is 0 Å². The molecule has 3 fully saturated rings. The Morgan fingerprint density at radius 3 is 2.60 bits per heavy atom. The van der Waals surface area contributed by atoms with Crippen LogP contribution in [0.1, 0.15) is 69.9 Å². The quantitative estimate of drug-likeness (QED) is 0.219. The van der Waals surface area contributed by atoms with Gasteiger partial charge in [-0.05, 0) is 74.6 Å². The second kappa shape index (κ2) is 11.7. The molecule has 40 heavy (non-hydrogen) atoms. The maximum Gasteiger partial charge on any atom is 0.104 e. The van der Waals surface area contributed by atoms with Gasteiger partial charge in [0, 0.05) is 48.7 Å². The lowest BCUT2D eigenvalue weighted by Gasteiger charge is -2.28. The Morgan fingerprint density at radius 1 is 1.18 bits per heavy atom. The number of aliphatic hydroxyl groups is 1. The van der Waals surface area contributed by atoms with Crippen molar-refractivity contribution >= 4 is 33.1 Å². The number of hydrogen-bond acceptors (Lipinski definition) is 9. The third-order valence-corrected chi connectivity index (χ3v) is 9.68. The van der Waals surface area contributed by atoms with Gasteiger partial charge in [0.1, 0.15) is 11.1 Å². The van der Waals surface area contributed by atoms with Crippen LogP contribution >= 0.6 is 11.8 Å². The van der Waals surface area contributed by atoms with Crippen molar-refractivity contribution in [1.29, 1.82) is 16.1 Å². The van der Waals surface area contributed by atoms with Gasteiger partial charge < -0.3 is 15.2 Å². The van der Waals surface area contributed by atoms with Crippen molar-refractivity contribution < 1.29 is 9.84 Å². The molecule has 6 rings (SSSR count). The second-order valence-corrected chi connectivity index (χ2v) is 12.0. The van der Waals surface area contributed by atoms with Gasteiger partial charge in [-0.25, -0.2) is 4.52 Å². The summed E-state index contributed by atoms with van der Waals surface area (Å²) < 4.78 is 7.31. The van der Waals surface area contributed by atoms with E-state index in [2.05, 4.69) is 16.5 Å². The summed E-state index contributed by atoms with van der Waals surface area (Å²) in [6.07, 6.45) is 9.63. The highest BCUT2D eigenvalue weighted by Gasteiger charge is 2.56. The van der Waals surface area contributed by atoms with Crippen LogP contribution < -0.4 is 5.32 Å². The van der Waals surface area contributed by atoms with Gasteiger partial charge in [0.25, 0.3) is 0 Å². The van der Waals surface area contributed by atoms with Gasteiger partial charge in [-0.15, -0.1) is 0 Å². The molecule has 2 saturated carbocycles. The molecule has 0 unspecified atom stereocenters. The van der Waals surface area contributed by atoms with Crippen molar-refractivity contribution in [3.05, 3.63) is 47.8 Å². The molecule has 2 aliphatic carbocycles. The fourth-order valence-corrected chi connectivity index (χ4v) is 7.30. The van der Waals surface area contributed by atoms with Crippen molar-refractivity contribution in [2.75, 3.05) is 25.1 Å². The molecule has 3 aromatic heterocycles. The predicted octanol–water partition coefficient (Wildman–Crippen LogP) is 5.86. The van der Waals surface area contributed by atoms with E-state index in [-0.39, 0.29) is 23.5 Å². The Bertz CT molecular complexity index is 1450. The maximum absolute atomic E-state index is 9.92. The molecule has 1 saturated heterocycles. The molecule has 3 aliphatic rings. The molecule has 0 aromatic carbocycles. The number of nitriles is 1. The third kappa shape index (κ3) is 5.26. The first-order valence-electron chi connectivity index (χ1n) is 14.1. The number of pyridine rings is 1. The van der Waals surface area contributed by atoms with Crippen LogP contribution in [0.25, 0.3) is 16.9 Å². The SMILES string of the molecule is CC.N#Cc1cnn2c(-c3cc(NC4CCOCC4)c(C(=N)SC(=N)C45CCC(CO)(CC4)C5)cn3)ccc2c1. The number of aromatic nitrogens is 3. The minimum absolute atomic E-state index is 0.0317. The number of hydrogen-bond donors (Lipinski definition) is 4. The van der Waals surface area contributed by atoms with Gasteiger partial charge in [-0.1, -0.05) is 25.6 Å². The monoisotopic (exact) mass is 559 g/mol. The summed E-state index contributed by atoms with van der Waals surface area (Å²) in [6.45, 7) is 5.59. The molecule has 3 aromatic rings. The molecule has 2 bridgehead atoms. The van der Waals surface area contributed by atoms with Crippen molar-refractivity contribution in [2.24, 2.45) is 10.8 Å². The summed E-state index contributed by atoms with van der Waals surface area (Å²) in [4.78, 5) is 4.72. The number of thioether (sulfide) groups is 1. The van der Waals surface area contributed by atoms with E-state index >= 15 is 0 Å². The molecule has 4 heterocycles. The molecule has 4 N–H and O–H groups in total. The maximum atomic E-state index is 9.92. The summed E-state index contributed by atoms with van der Waals surface area (Å²) in [5.41, 5.74) is 4.08. The molecule has 1 aliphatic heterocycles. The molecule has 0 amide bonds. The Morgan fingerprint density at radius 2 is 1.93 bits per heavy atom. The van der Waals surface area contributed by atoms with Gasteiger partial charge in [-0.3, -0.25) is 15.8 Å². The van der Waals surface area contributed by atoms with E-state index in [9.17, 15) is 10.4 Å². The van der Waals surface area contributed by atoms with Gasteiger partial charge in [0.05, 0.1) is 33.7 Å². The molecule has 0 radical (unpaired) electrons. The first-order valence-corrected chi connectivity index (χ1v) is 15.0. The standard InChI is InChI=1S/C28H31N7O2S.C2H6/c29-13-18-11-20-1-2-24(35(20)33-14-18)23-12-22(34-19-3-9-37-10-4-19)21(15-32-23)25(30)38-26(31)28-7-5-27(16-28,17-36)6-8-28;1-2/h1-2,11-12,14-15,19,30-31,36H,3-10,16-17H2,(H,32,34);1-2H3. The lowest BCUT2D eigenvalue weighted by Crippen LogP contribution is -2.29. The van der Waals surface area contributed by atoms with Gasteiger partial charge in [0.2, 0.25) is 0 Å². The van der Waals surface area contributed by atoms with Crippen LogP contribution in [0.2, 0.25) is 0 Å². The molecule has 9 nitrogen and oxygen atoms in total. The van der Waals surface area contributed by atoms with E-state index in [1.54, 1.807) is 23.0 Å². The van der Waals surface area contributed by atoms with Crippen LogP contribution in [0.3, 0.4) is 0 Å². The van der Waals surface area contributed by atoms with Crippen molar-refractivity contribution in [3.8, 4) is 17.5 Å². The average Bonchev–Trinajstić information content (AvgIpc) is 3.71. The lowest BCUT2D eigenvalue weighted by molar-refractivity contribution is 0.0904. The summed E-state index contributed by atoms with van der Waals surface area (Å²) in [5, 5.41) is 46.0. The highest BCUT2D eigenvalue weighted by Crippen LogP contribution is 2.63. The Kier molecular flexibility index (Phi) is 8.26. The largest absolute Gasteiger partial charge is 0.396 e. The molecule has 0 spiro atoms. The number of anilines is 1. The fourth-order valence-electron chi connectivity index (χ4n) is 6.33. The molecule has 210 valence electrons. The minimum atomic E-state index is -0.208. The summed E-state index contributed by atoms with van der Waals surface area (Å²) >= 11 is 1.23. The number of nitrogens with zero attached hydrogens (tertiary/aromatic N) is 4. The van der Waals surface area contributed by atoms with E-state index < -0.39 is 0 Å². The van der Waals surface area contributed by atoms with Crippen LogP contribution in [-0.4, -0.2) is 55.7 Å². The van der Waals surface area contributed by atoms with Crippen LogP contribution in [-0.2, 0) is 4.74 Å². The second-order valence-electron chi connectivity index (χ2n) is 10.9. The van der Waals surface area contributed by atoms with E-state index in [1.165, 1.54) is 11.8 Å². The average molecular weight is 560 g/mol. The van der Waals surface area contributed by atoms with Crippen LogP contribution in [0, 0.1) is 33.0 Å². The highest BCUT2D eigenvalue weighted by atomic mass is 32.2. The minimum Gasteiger partial charge on any atom is -0.396 e. The topological polar surface area (TPSA) is 143 Å². The summed E-state index contributed by atoms with van der Waals surface area (Å²) in [7, 11) is 0. The van der Waals surface area contributed by atoms with Crippen LogP contribution in [0.4, 0.5) is 5.69 Å². The first kappa shape index (κ1) is 28.3. The molecule has 10 heteroatoms. The fraction of sp³-hybridized carbons (Fsp3) is 0.500. The summed E-state index contributed by atoms with van der Waals surface area (Å²) in [6, 6.07) is 9.96. The molecular weight excluding hydrogens is 522 g/mol. The normalized spacial score (nSPS) is 23.9. The first-order chi connectivity index (χ1) is 19.4. The number of nitrogens with one attached hydrogen (secondary N) is 3. The molecule has 0 atom stereocenters. The zero-order valence-electron chi connectivity index (χ0n) is 23.2. The van der Waals surface area contributed by atoms with Gasteiger partial charge in [0.15, 0.2) is 0 Å². The van der Waals surface area contributed by atoms with Crippen molar-refractivity contribution in [1.82, 2.24) is 14.6 Å². The Balaban J connectivity index is 0.00000158. The number of aliphatic hydroxyl groups excluding tert-OH is 1. The van der Waals surface area contributed by atoms with E-state index in [1.807, 2.05) is 32.0 Å². The van der Waals surface area contributed by atoms with Gasteiger partial charge in [-0.2, -0.15) is 10.4 Å². The van der Waals surface area contributed by atoms with Gasteiger partial charge >= 0.3 is 0 Å². The molecular formula is C30H37N7O2S. The highest BCUT2D eigenvalue weighted by molar-refractivity contribution is 8.26. The predicted molar refractivity (Wildman–Crippen MR) is 159 cm³/mol. The zero-order valence-corrected chi connectivity index (χ0v) is 24.0. The number of fused-ring (bicyclic) bond motifs is 3. The number of ether oxygens (including phenoxy) is 1. The van der Waals surface area contributed by atoms with E-state index in [0.717, 1.165) is 61.8 Å². The number of rotatable bonds is 6. The van der Waals surface area contributed by atoms with Crippen molar-refractivity contribution in [2.45, 2.75) is 64.8 Å². The Hall–Kier alpha value is -3.26.